The number of aryl methyl sites for hydroxylation is 3. The predicted octanol–water partition coefficient (Wildman–Crippen LogP) is 3.07. The highest BCUT2D eigenvalue weighted by molar-refractivity contribution is 5.91. The summed E-state index contributed by atoms with van der Waals surface area (Å²) in [5.41, 5.74) is 2.91. The van der Waals surface area contributed by atoms with Gasteiger partial charge in [0.05, 0.1) is 19.7 Å². The molecule has 2 heterocycles. The van der Waals surface area contributed by atoms with Crippen LogP contribution in [0, 0.1) is 13.8 Å². The maximum Gasteiger partial charge on any atom is 0.332 e. The summed E-state index contributed by atoms with van der Waals surface area (Å²) in [6.45, 7) is 3.74. The van der Waals surface area contributed by atoms with E-state index in [0.29, 0.717) is 29.1 Å². The molecule has 2 aromatic heterocycles. The van der Waals surface area contributed by atoms with E-state index in [4.69, 9.17) is 9.47 Å². The number of aromatic nitrogens is 3. The number of carbonyl (C=O) groups is 1. The van der Waals surface area contributed by atoms with Crippen LogP contribution in [-0.2, 0) is 24.3 Å². The zero-order valence-electron chi connectivity index (χ0n) is 20.7. The summed E-state index contributed by atoms with van der Waals surface area (Å²) < 4.78 is 13.0. The maximum atomic E-state index is 13.4. The second-order valence-corrected chi connectivity index (χ2v) is 8.56. The van der Waals surface area contributed by atoms with E-state index < -0.39 is 11.2 Å². The lowest BCUT2D eigenvalue weighted by Crippen LogP contribution is -2.42. The molecule has 0 unspecified atom stereocenters. The van der Waals surface area contributed by atoms with Crippen LogP contribution in [0.15, 0.2) is 64.3 Å². The van der Waals surface area contributed by atoms with E-state index in [0.717, 1.165) is 21.3 Å². The Morgan fingerprint density at radius 1 is 0.944 bits per heavy atom. The number of nitrogens with one attached hydrogen (secondary N) is 1. The second kappa shape index (κ2) is 10.5. The first kappa shape index (κ1) is 24.7. The van der Waals surface area contributed by atoms with E-state index in [2.05, 4.69) is 10.3 Å². The topological polar surface area (TPSA) is 104 Å². The molecule has 0 radical (unpaired) electrons. The average molecular weight is 489 g/mol. The van der Waals surface area contributed by atoms with Crippen molar-refractivity contribution in [3.05, 3.63) is 92.3 Å². The van der Waals surface area contributed by atoms with Crippen molar-refractivity contribution in [1.82, 2.24) is 14.1 Å². The highest BCUT2D eigenvalue weighted by Crippen LogP contribution is 2.27. The SMILES string of the molecule is COc1ccc(CCn2c(=O)c3ncccc3n(CC(=O)Nc3cc(C)cc(C)c3)c2=O)cc1OC. The lowest BCUT2D eigenvalue weighted by Gasteiger charge is -2.14. The normalized spacial score (nSPS) is 10.9. The van der Waals surface area contributed by atoms with E-state index in [-0.39, 0.29) is 24.5 Å². The summed E-state index contributed by atoms with van der Waals surface area (Å²) in [6, 6.07) is 14.4. The van der Waals surface area contributed by atoms with Gasteiger partial charge in [0.25, 0.3) is 5.56 Å². The fourth-order valence-corrected chi connectivity index (χ4v) is 4.26. The maximum absolute atomic E-state index is 13.4. The summed E-state index contributed by atoms with van der Waals surface area (Å²) in [6.07, 6.45) is 1.88. The van der Waals surface area contributed by atoms with Gasteiger partial charge in [-0.3, -0.25) is 18.7 Å². The van der Waals surface area contributed by atoms with Gasteiger partial charge in [-0.15, -0.1) is 0 Å². The Morgan fingerprint density at radius 3 is 2.36 bits per heavy atom. The van der Waals surface area contributed by atoms with Crippen molar-refractivity contribution in [1.29, 1.82) is 0 Å². The van der Waals surface area contributed by atoms with Gasteiger partial charge < -0.3 is 14.8 Å². The van der Waals surface area contributed by atoms with Crippen molar-refractivity contribution < 1.29 is 14.3 Å². The third kappa shape index (κ3) is 5.14. The standard InChI is InChI=1S/C27H28N4O5/c1-17-12-18(2)14-20(13-17)29-24(32)16-31-21-6-5-10-28-25(21)26(33)30(27(31)34)11-9-19-7-8-22(35-3)23(15-19)36-4/h5-8,10,12-15H,9,11,16H2,1-4H3,(H,29,32). The van der Waals surface area contributed by atoms with E-state index in [1.165, 1.54) is 10.8 Å². The van der Waals surface area contributed by atoms with Gasteiger partial charge in [0.1, 0.15) is 6.54 Å². The molecule has 0 saturated heterocycles. The Labute approximate surface area is 207 Å². The van der Waals surface area contributed by atoms with Crippen LogP contribution in [0.1, 0.15) is 16.7 Å². The summed E-state index contributed by atoms with van der Waals surface area (Å²) in [5.74, 6) is 0.769. The zero-order valence-corrected chi connectivity index (χ0v) is 20.7. The molecule has 0 bridgehead atoms. The van der Waals surface area contributed by atoms with Crippen molar-refractivity contribution in [3.63, 3.8) is 0 Å². The molecular weight excluding hydrogens is 460 g/mol. The fraction of sp³-hybridized carbons (Fsp3) is 0.259. The number of rotatable bonds is 8. The number of amides is 1. The average Bonchev–Trinajstić information content (AvgIpc) is 2.85. The minimum atomic E-state index is -0.573. The number of hydrogen-bond acceptors (Lipinski definition) is 6. The number of carbonyl (C=O) groups excluding carboxylic acids is 1. The molecule has 2 aromatic carbocycles. The molecule has 0 aliphatic rings. The second-order valence-electron chi connectivity index (χ2n) is 8.56. The molecular formula is C27H28N4O5. The molecule has 1 amide bonds. The first-order valence-electron chi connectivity index (χ1n) is 11.5. The number of pyridine rings is 1. The Balaban J connectivity index is 1.67. The summed E-state index contributed by atoms with van der Waals surface area (Å²) >= 11 is 0. The van der Waals surface area contributed by atoms with Gasteiger partial charge in [-0.2, -0.15) is 0 Å². The van der Waals surface area contributed by atoms with Crippen LogP contribution in [0.3, 0.4) is 0 Å². The fourth-order valence-electron chi connectivity index (χ4n) is 4.26. The van der Waals surface area contributed by atoms with Gasteiger partial charge in [0.2, 0.25) is 5.91 Å². The third-order valence-corrected chi connectivity index (χ3v) is 5.87. The lowest BCUT2D eigenvalue weighted by atomic mass is 10.1. The molecule has 186 valence electrons. The summed E-state index contributed by atoms with van der Waals surface area (Å²) in [5, 5.41) is 2.85. The van der Waals surface area contributed by atoms with Crippen LogP contribution in [0.25, 0.3) is 11.0 Å². The smallest absolute Gasteiger partial charge is 0.332 e. The molecule has 9 nitrogen and oxygen atoms in total. The van der Waals surface area contributed by atoms with E-state index >= 15 is 0 Å². The zero-order chi connectivity index (χ0) is 25.8. The summed E-state index contributed by atoms with van der Waals surface area (Å²) in [7, 11) is 3.10. The Morgan fingerprint density at radius 2 is 1.67 bits per heavy atom. The molecule has 0 spiro atoms. The number of hydrogen-bond donors (Lipinski definition) is 1. The van der Waals surface area contributed by atoms with Gasteiger partial charge in [0, 0.05) is 18.4 Å². The monoisotopic (exact) mass is 488 g/mol. The Kier molecular flexibility index (Phi) is 7.19. The molecule has 4 rings (SSSR count). The van der Waals surface area contributed by atoms with Crippen LogP contribution < -0.4 is 26.0 Å². The van der Waals surface area contributed by atoms with Crippen molar-refractivity contribution >= 4 is 22.6 Å². The molecule has 4 aromatic rings. The van der Waals surface area contributed by atoms with E-state index in [9.17, 15) is 14.4 Å². The highest BCUT2D eigenvalue weighted by Gasteiger charge is 2.17. The predicted molar refractivity (Wildman–Crippen MR) is 138 cm³/mol. The van der Waals surface area contributed by atoms with Gasteiger partial charge in [-0.05, 0) is 73.4 Å². The molecule has 0 saturated carbocycles. The number of benzene rings is 2. The first-order valence-corrected chi connectivity index (χ1v) is 11.5. The van der Waals surface area contributed by atoms with Crippen LogP contribution in [0.2, 0.25) is 0 Å². The number of fused-ring (bicyclic) bond motifs is 1. The Hall–Kier alpha value is -4.40. The molecule has 0 aliphatic carbocycles. The van der Waals surface area contributed by atoms with E-state index in [1.54, 1.807) is 38.5 Å². The molecule has 0 aliphatic heterocycles. The van der Waals surface area contributed by atoms with Crippen LogP contribution >= 0.6 is 0 Å². The molecule has 36 heavy (non-hydrogen) atoms. The minimum absolute atomic E-state index is 0.109. The van der Waals surface area contributed by atoms with Gasteiger partial charge in [0.15, 0.2) is 17.0 Å². The quantitative estimate of drug-likeness (QED) is 0.409. The van der Waals surface area contributed by atoms with Gasteiger partial charge >= 0.3 is 5.69 Å². The molecule has 9 heteroatoms. The lowest BCUT2D eigenvalue weighted by molar-refractivity contribution is -0.116. The van der Waals surface area contributed by atoms with Crippen molar-refractivity contribution in [3.8, 4) is 11.5 Å². The molecule has 1 N–H and O–H groups in total. The number of anilines is 1. The largest absolute Gasteiger partial charge is 0.493 e. The van der Waals surface area contributed by atoms with Crippen LogP contribution in [0.4, 0.5) is 5.69 Å². The highest BCUT2D eigenvalue weighted by atomic mass is 16.5. The van der Waals surface area contributed by atoms with Gasteiger partial charge in [-0.25, -0.2) is 9.78 Å². The number of nitrogens with zero attached hydrogens (tertiary/aromatic N) is 3. The van der Waals surface area contributed by atoms with E-state index in [1.807, 2.05) is 38.1 Å². The molecule has 0 fully saturated rings. The minimum Gasteiger partial charge on any atom is -0.493 e. The van der Waals surface area contributed by atoms with Crippen molar-refractivity contribution in [2.24, 2.45) is 0 Å². The van der Waals surface area contributed by atoms with Crippen LogP contribution in [0.5, 0.6) is 11.5 Å². The van der Waals surface area contributed by atoms with Crippen molar-refractivity contribution in [2.45, 2.75) is 33.4 Å². The molecule has 0 atom stereocenters. The van der Waals surface area contributed by atoms with Crippen LogP contribution in [-0.4, -0.2) is 34.2 Å². The first-order chi connectivity index (χ1) is 17.3. The third-order valence-electron chi connectivity index (χ3n) is 5.87. The number of methoxy groups -OCH3 is 2. The summed E-state index contributed by atoms with van der Waals surface area (Å²) in [4.78, 5) is 43.7. The Bertz CT molecular complexity index is 1530. The van der Waals surface area contributed by atoms with Gasteiger partial charge in [-0.1, -0.05) is 12.1 Å². The van der Waals surface area contributed by atoms with Crippen molar-refractivity contribution in [2.75, 3.05) is 19.5 Å². The number of ether oxygens (including phenoxy) is 2.